The lowest BCUT2D eigenvalue weighted by atomic mass is 9.73. The Hall–Kier alpha value is -0.150. The summed E-state index contributed by atoms with van der Waals surface area (Å²) in [7, 11) is 0. The molecule has 0 aromatic carbocycles. The molecule has 0 radical (unpaired) electrons. The Balaban J connectivity index is 1.86. The van der Waals surface area contributed by atoms with Gasteiger partial charge in [-0.05, 0) is 59.9 Å². The van der Waals surface area contributed by atoms with E-state index < -0.39 is 0 Å². The molecule has 0 unspecified atom stereocenters. The lowest BCUT2D eigenvalue weighted by Gasteiger charge is -2.33. The highest BCUT2D eigenvalue weighted by molar-refractivity contribution is 9.10. The van der Waals surface area contributed by atoms with Gasteiger partial charge >= 0.3 is 0 Å². The number of halogens is 2. The monoisotopic (exact) mass is 370 g/mol. The van der Waals surface area contributed by atoms with Crippen LogP contribution in [0.2, 0.25) is 5.15 Å². The minimum absolute atomic E-state index is 0.476. The Kier molecular flexibility index (Phi) is 4.61. The van der Waals surface area contributed by atoms with Gasteiger partial charge in [0.2, 0.25) is 0 Å². The van der Waals surface area contributed by atoms with Crippen LogP contribution in [0.25, 0.3) is 0 Å². The molecule has 2 fully saturated rings. The third-order valence-corrected chi connectivity index (χ3v) is 6.58. The molecule has 2 aliphatic carbocycles. The lowest BCUT2D eigenvalue weighted by molar-refractivity contribution is 0.220. The van der Waals surface area contributed by atoms with Crippen LogP contribution in [0.1, 0.15) is 88.6 Å². The lowest BCUT2D eigenvalue weighted by Crippen LogP contribution is -2.22. The summed E-state index contributed by atoms with van der Waals surface area (Å²) in [6.07, 6.45) is 9.99. The van der Waals surface area contributed by atoms with E-state index in [1.54, 1.807) is 0 Å². The predicted octanol–water partition coefficient (Wildman–Crippen LogP) is 6.23. The Morgan fingerprint density at radius 3 is 2.24 bits per heavy atom. The number of hydrogen-bond donors (Lipinski definition) is 0. The molecule has 0 atom stereocenters. The molecule has 0 aliphatic heterocycles. The van der Waals surface area contributed by atoms with Gasteiger partial charge in [0.05, 0.1) is 10.2 Å². The van der Waals surface area contributed by atoms with Crippen LogP contribution in [0.5, 0.6) is 0 Å². The molecule has 2 aliphatic rings. The molecule has 0 spiro atoms. The largest absolute Gasteiger partial charge is 0.236 e. The summed E-state index contributed by atoms with van der Waals surface area (Å²) in [6, 6.07) is 0. The summed E-state index contributed by atoms with van der Waals surface area (Å²) in [4.78, 5) is 9.53. The molecule has 0 amide bonds. The second kappa shape index (κ2) is 6.16. The van der Waals surface area contributed by atoms with Crippen LogP contribution in [-0.4, -0.2) is 9.97 Å². The minimum Gasteiger partial charge on any atom is -0.236 e. The third kappa shape index (κ3) is 3.44. The van der Waals surface area contributed by atoms with Crippen molar-refractivity contribution in [2.75, 3.05) is 0 Å². The molecular weight excluding hydrogens is 348 g/mol. The molecule has 2 saturated carbocycles. The van der Waals surface area contributed by atoms with E-state index in [1.807, 2.05) is 0 Å². The molecule has 0 saturated heterocycles. The van der Waals surface area contributed by atoms with Crippen molar-refractivity contribution in [2.24, 2.45) is 5.41 Å². The van der Waals surface area contributed by atoms with Crippen LogP contribution in [0.15, 0.2) is 4.47 Å². The first-order valence-electron chi connectivity index (χ1n) is 8.19. The maximum absolute atomic E-state index is 6.37. The van der Waals surface area contributed by atoms with Crippen LogP contribution in [0.4, 0.5) is 0 Å². The van der Waals surface area contributed by atoms with Gasteiger partial charge in [-0.15, -0.1) is 0 Å². The average Bonchev–Trinajstić information content (AvgIpc) is 2.95. The number of nitrogens with zero attached hydrogens (tertiary/aromatic N) is 2. The molecule has 1 heterocycles. The normalized spacial score (nSPS) is 23.6. The zero-order valence-corrected chi connectivity index (χ0v) is 15.3. The van der Waals surface area contributed by atoms with E-state index in [4.69, 9.17) is 16.6 Å². The van der Waals surface area contributed by atoms with E-state index in [0.717, 1.165) is 16.0 Å². The zero-order chi connectivity index (χ0) is 15.0. The predicted molar refractivity (Wildman–Crippen MR) is 90.9 cm³/mol. The van der Waals surface area contributed by atoms with Crippen LogP contribution in [0, 0.1) is 5.41 Å². The smallest absolute Gasteiger partial charge is 0.147 e. The van der Waals surface area contributed by atoms with Crippen molar-refractivity contribution in [2.45, 2.75) is 77.0 Å². The van der Waals surface area contributed by atoms with E-state index in [2.05, 4.69) is 34.8 Å². The fourth-order valence-electron chi connectivity index (χ4n) is 3.76. The zero-order valence-electron chi connectivity index (χ0n) is 13.0. The molecule has 1 aromatic rings. The summed E-state index contributed by atoms with van der Waals surface area (Å²) < 4.78 is 0.927. The quantitative estimate of drug-likeness (QED) is 0.575. The van der Waals surface area contributed by atoms with Gasteiger partial charge in [0.25, 0.3) is 0 Å². The van der Waals surface area contributed by atoms with Crippen molar-refractivity contribution in [3.05, 3.63) is 21.1 Å². The summed E-state index contributed by atoms with van der Waals surface area (Å²) in [6.45, 7) is 4.73. The van der Waals surface area contributed by atoms with Crippen molar-refractivity contribution >= 4 is 27.5 Å². The topological polar surface area (TPSA) is 25.8 Å². The molecular formula is C17H24BrClN2. The first-order valence-corrected chi connectivity index (χ1v) is 9.36. The second-order valence-corrected chi connectivity index (χ2v) is 8.64. The average molecular weight is 372 g/mol. The highest BCUT2D eigenvalue weighted by Crippen LogP contribution is 2.44. The Morgan fingerprint density at radius 2 is 1.62 bits per heavy atom. The number of hydrogen-bond acceptors (Lipinski definition) is 2. The van der Waals surface area contributed by atoms with Gasteiger partial charge in [0.15, 0.2) is 0 Å². The molecule has 0 bridgehead atoms. The Labute approximate surface area is 141 Å². The molecule has 3 rings (SSSR count). The van der Waals surface area contributed by atoms with E-state index in [-0.39, 0.29) is 0 Å². The molecule has 116 valence electrons. The van der Waals surface area contributed by atoms with E-state index in [1.165, 1.54) is 51.4 Å². The van der Waals surface area contributed by atoms with Crippen molar-refractivity contribution in [3.63, 3.8) is 0 Å². The summed E-state index contributed by atoms with van der Waals surface area (Å²) in [5.74, 6) is 2.04. The number of rotatable bonds is 2. The summed E-state index contributed by atoms with van der Waals surface area (Å²) in [5, 5.41) is 0.603. The first kappa shape index (κ1) is 15.7. The summed E-state index contributed by atoms with van der Waals surface area (Å²) in [5.41, 5.74) is 1.64. The fraction of sp³-hybridized carbons (Fsp3) is 0.765. The Morgan fingerprint density at radius 1 is 1.00 bits per heavy atom. The first-order chi connectivity index (χ1) is 9.96. The van der Waals surface area contributed by atoms with Crippen molar-refractivity contribution in [1.29, 1.82) is 0 Å². The molecule has 4 heteroatoms. The van der Waals surface area contributed by atoms with Gasteiger partial charge in [-0.3, -0.25) is 0 Å². The SMILES string of the molecule is CC1(C)CCC(c2nc(Cl)c(Br)c(C3CCCC3)n2)CC1. The Bertz CT molecular complexity index is 514. The third-order valence-electron chi connectivity index (χ3n) is 5.30. The van der Waals surface area contributed by atoms with Crippen LogP contribution in [-0.2, 0) is 0 Å². The van der Waals surface area contributed by atoms with Gasteiger partial charge in [0, 0.05) is 11.8 Å². The van der Waals surface area contributed by atoms with E-state index in [9.17, 15) is 0 Å². The van der Waals surface area contributed by atoms with Gasteiger partial charge in [-0.1, -0.05) is 38.3 Å². The van der Waals surface area contributed by atoms with Crippen molar-refractivity contribution < 1.29 is 0 Å². The standard InChI is InChI=1S/C17H24BrClN2/c1-17(2)9-7-12(8-10-17)16-20-14(11-5-3-4-6-11)13(18)15(19)21-16/h11-12H,3-10H2,1-2H3. The van der Waals surface area contributed by atoms with Gasteiger partial charge in [-0.2, -0.15) is 0 Å². The number of aromatic nitrogens is 2. The van der Waals surface area contributed by atoms with Crippen LogP contribution in [0.3, 0.4) is 0 Å². The second-order valence-electron chi connectivity index (χ2n) is 7.49. The van der Waals surface area contributed by atoms with E-state index >= 15 is 0 Å². The maximum atomic E-state index is 6.37. The molecule has 0 N–H and O–H groups in total. The molecule has 2 nitrogen and oxygen atoms in total. The van der Waals surface area contributed by atoms with Gasteiger partial charge in [0.1, 0.15) is 11.0 Å². The van der Waals surface area contributed by atoms with Crippen LogP contribution >= 0.6 is 27.5 Å². The highest BCUT2D eigenvalue weighted by atomic mass is 79.9. The van der Waals surface area contributed by atoms with Crippen LogP contribution < -0.4 is 0 Å². The van der Waals surface area contributed by atoms with Crippen molar-refractivity contribution in [3.8, 4) is 0 Å². The van der Waals surface area contributed by atoms with Gasteiger partial charge in [-0.25, -0.2) is 9.97 Å². The highest BCUT2D eigenvalue weighted by Gasteiger charge is 2.31. The summed E-state index contributed by atoms with van der Waals surface area (Å²) >= 11 is 9.98. The minimum atomic E-state index is 0.476. The molecule has 21 heavy (non-hydrogen) atoms. The van der Waals surface area contributed by atoms with E-state index in [0.29, 0.717) is 22.4 Å². The van der Waals surface area contributed by atoms with Gasteiger partial charge < -0.3 is 0 Å². The fourth-order valence-corrected chi connectivity index (χ4v) is 4.45. The van der Waals surface area contributed by atoms with Crippen molar-refractivity contribution in [1.82, 2.24) is 9.97 Å². The molecule has 1 aromatic heterocycles. The maximum Gasteiger partial charge on any atom is 0.147 e.